The normalized spacial score (nSPS) is 13.1. The zero-order valence-corrected chi connectivity index (χ0v) is 13.2. The molecule has 0 bridgehead atoms. The van der Waals surface area contributed by atoms with Crippen molar-refractivity contribution < 1.29 is 8.42 Å². The molecule has 2 aromatic rings. The summed E-state index contributed by atoms with van der Waals surface area (Å²) in [6, 6.07) is 12.3. The third kappa shape index (κ3) is 3.43. The summed E-state index contributed by atoms with van der Waals surface area (Å²) in [7, 11) is -3.65. The van der Waals surface area contributed by atoms with Gasteiger partial charge in [-0.3, -0.25) is 0 Å². The molecule has 0 aliphatic carbocycles. The number of hydrogen-bond acceptors (Lipinski definition) is 3. The van der Waals surface area contributed by atoms with Crippen LogP contribution < -0.4 is 10.5 Å². The van der Waals surface area contributed by atoms with Gasteiger partial charge in [0.1, 0.15) is 4.90 Å². The molecule has 0 aromatic heterocycles. The molecule has 5 heteroatoms. The molecule has 3 N–H and O–H groups in total. The highest BCUT2D eigenvalue weighted by Gasteiger charge is 2.21. The molecule has 0 aliphatic heterocycles. The summed E-state index contributed by atoms with van der Waals surface area (Å²) in [6.45, 7) is 5.65. The van der Waals surface area contributed by atoms with Crippen LogP contribution in [0.25, 0.3) is 0 Å². The van der Waals surface area contributed by atoms with Crippen molar-refractivity contribution >= 4 is 15.7 Å². The number of benzene rings is 2. The van der Waals surface area contributed by atoms with E-state index in [1.54, 1.807) is 12.1 Å². The van der Waals surface area contributed by atoms with Crippen LogP contribution in [0.15, 0.2) is 47.4 Å². The molecule has 2 rings (SSSR count). The molecule has 0 aliphatic rings. The summed E-state index contributed by atoms with van der Waals surface area (Å²) in [4.78, 5) is 0.119. The molecule has 0 fully saturated rings. The zero-order valence-electron chi connectivity index (χ0n) is 12.4. The van der Waals surface area contributed by atoms with Crippen molar-refractivity contribution in [3.8, 4) is 0 Å². The van der Waals surface area contributed by atoms with Crippen molar-refractivity contribution in [3.05, 3.63) is 59.2 Å². The summed E-state index contributed by atoms with van der Waals surface area (Å²) in [5.41, 5.74) is 9.02. The van der Waals surface area contributed by atoms with E-state index >= 15 is 0 Å². The van der Waals surface area contributed by atoms with Crippen LogP contribution in [0.3, 0.4) is 0 Å². The van der Waals surface area contributed by atoms with E-state index in [2.05, 4.69) is 4.72 Å². The van der Waals surface area contributed by atoms with Gasteiger partial charge in [-0.1, -0.05) is 30.3 Å². The van der Waals surface area contributed by atoms with Crippen LogP contribution in [0.2, 0.25) is 0 Å². The number of rotatable bonds is 4. The second kappa shape index (κ2) is 5.87. The van der Waals surface area contributed by atoms with E-state index in [9.17, 15) is 8.42 Å². The minimum atomic E-state index is -3.65. The van der Waals surface area contributed by atoms with Gasteiger partial charge >= 0.3 is 0 Å². The summed E-state index contributed by atoms with van der Waals surface area (Å²) in [6.07, 6.45) is 0. The molecule has 21 heavy (non-hydrogen) atoms. The summed E-state index contributed by atoms with van der Waals surface area (Å²) >= 11 is 0. The minimum absolute atomic E-state index is 0.119. The van der Waals surface area contributed by atoms with E-state index in [-0.39, 0.29) is 16.6 Å². The van der Waals surface area contributed by atoms with Crippen molar-refractivity contribution in [1.82, 2.24) is 4.72 Å². The Morgan fingerprint density at radius 1 is 1.10 bits per heavy atom. The Morgan fingerprint density at radius 3 is 2.38 bits per heavy atom. The molecule has 2 aromatic carbocycles. The molecule has 0 spiro atoms. The van der Waals surface area contributed by atoms with Crippen LogP contribution in [0.4, 0.5) is 5.69 Å². The molecule has 1 atom stereocenters. The van der Waals surface area contributed by atoms with Gasteiger partial charge in [0, 0.05) is 6.04 Å². The lowest BCUT2D eigenvalue weighted by Crippen LogP contribution is -2.28. The lowest BCUT2D eigenvalue weighted by atomic mass is 10.0. The second-order valence-electron chi connectivity index (χ2n) is 5.24. The first-order valence-corrected chi connectivity index (χ1v) is 8.23. The van der Waals surface area contributed by atoms with Crippen LogP contribution in [0, 0.1) is 13.8 Å². The first-order chi connectivity index (χ1) is 9.81. The maximum absolute atomic E-state index is 12.5. The third-order valence-electron chi connectivity index (χ3n) is 3.44. The van der Waals surface area contributed by atoms with E-state index in [1.165, 1.54) is 6.07 Å². The zero-order chi connectivity index (χ0) is 15.6. The van der Waals surface area contributed by atoms with Gasteiger partial charge in [-0.15, -0.1) is 0 Å². The number of aryl methyl sites for hydroxylation is 2. The standard InChI is InChI=1S/C16H20N2O2S/c1-11-8-9-16(15(17)10-11)21(19,20)18-13(3)14-7-5-4-6-12(14)2/h4-10,13,18H,17H2,1-3H3. The highest BCUT2D eigenvalue weighted by atomic mass is 32.2. The van der Waals surface area contributed by atoms with Crippen LogP contribution in [0.5, 0.6) is 0 Å². The fraction of sp³-hybridized carbons (Fsp3) is 0.250. The molecule has 112 valence electrons. The van der Waals surface area contributed by atoms with E-state index in [0.29, 0.717) is 0 Å². The molecule has 4 nitrogen and oxygen atoms in total. The lowest BCUT2D eigenvalue weighted by Gasteiger charge is -2.17. The number of nitrogen functional groups attached to an aromatic ring is 1. The Labute approximate surface area is 126 Å². The van der Waals surface area contributed by atoms with E-state index in [1.807, 2.05) is 45.0 Å². The van der Waals surface area contributed by atoms with Crippen LogP contribution in [-0.4, -0.2) is 8.42 Å². The van der Waals surface area contributed by atoms with E-state index in [4.69, 9.17) is 5.73 Å². The Kier molecular flexibility index (Phi) is 4.34. The maximum Gasteiger partial charge on any atom is 0.243 e. The highest BCUT2D eigenvalue weighted by molar-refractivity contribution is 7.89. The van der Waals surface area contributed by atoms with Gasteiger partial charge in [0.05, 0.1) is 5.69 Å². The van der Waals surface area contributed by atoms with Gasteiger partial charge in [0.25, 0.3) is 0 Å². The molecule has 0 saturated carbocycles. The molecule has 1 unspecified atom stereocenters. The second-order valence-corrected chi connectivity index (χ2v) is 6.92. The van der Waals surface area contributed by atoms with Crippen LogP contribution >= 0.6 is 0 Å². The number of nitrogens with two attached hydrogens (primary N) is 1. The number of hydrogen-bond donors (Lipinski definition) is 2. The summed E-state index contributed by atoms with van der Waals surface area (Å²) < 4.78 is 27.6. The quantitative estimate of drug-likeness (QED) is 0.853. The highest BCUT2D eigenvalue weighted by Crippen LogP contribution is 2.23. The van der Waals surface area contributed by atoms with E-state index < -0.39 is 10.0 Å². The first kappa shape index (κ1) is 15.5. The molecular weight excluding hydrogens is 284 g/mol. The fourth-order valence-corrected chi connectivity index (χ4v) is 3.68. The first-order valence-electron chi connectivity index (χ1n) is 6.75. The Morgan fingerprint density at radius 2 is 1.76 bits per heavy atom. The van der Waals surface area contributed by atoms with Gasteiger partial charge in [-0.2, -0.15) is 0 Å². The van der Waals surface area contributed by atoms with Crippen molar-refractivity contribution in [3.63, 3.8) is 0 Å². The Balaban J connectivity index is 2.31. The molecule has 0 radical (unpaired) electrons. The van der Waals surface area contributed by atoms with E-state index in [0.717, 1.165) is 16.7 Å². The molecule has 0 heterocycles. The predicted octanol–water partition coefficient (Wildman–Crippen LogP) is 2.93. The van der Waals surface area contributed by atoms with Crippen molar-refractivity contribution in [1.29, 1.82) is 0 Å². The summed E-state index contributed by atoms with van der Waals surface area (Å²) in [5.74, 6) is 0. The number of nitrogens with one attached hydrogen (secondary N) is 1. The topological polar surface area (TPSA) is 72.2 Å². The van der Waals surface area contributed by atoms with Gasteiger partial charge in [-0.25, -0.2) is 13.1 Å². The average Bonchev–Trinajstić information content (AvgIpc) is 2.37. The molecule has 0 saturated heterocycles. The van der Waals surface area contributed by atoms with Crippen molar-refractivity contribution in [2.75, 3.05) is 5.73 Å². The van der Waals surface area contributed by atoms with Gasteiger partial charge in [0.2, 0.25) is 10.0 Å². The Bertz CT molecular complexity index is 755. The maximum atomic E-state index is 12.5. The average molecular weight is 304 g/mol. The van der Waals surface area contributed by atoms with Crippen LogP contribution in [0.1, 0.15) is 29.7 Å². The summed E-state index contributed by atoms with van der Waals surface area (Å²) in [5, 5.41) is 0. The Hall–Kier alpha value is -1.85. The van der Waals surface area contributed by atoms with Crippen molar-refractivity contribution in [2.45, 2.75) is 31.7 Å². The minimum Gasteiger partial charge on any atom is -0.398 e. The predicted molar refractivity (Wildman–Crippen MR) is 85.5 cm³/mol. The molecular formula is C16H20N2O2S. The fourth-order valence-electron chi connectivity index (χ4n) is 2.34. The van der Waals surface area contributed by atoms with Gasteiger partial charge in [0.15, 0.2) is 0 Å². The SMILES string of the molecule is Cc1ccc(S(=O)(=O)NC(C)c2ccccc2C)c(N)c1. The monoisotopic (exact) mass is 304 g/mol. The third-order valence-corrected chi connectivity index (χ3v) is 5.06. The van der Waals surface area contributed by atoms with Crippen LogP contribution in [-0.2, 0) is 10.0 Å². The smallest absolute Gasteiger partial charge is 0.243 e. The lowest BCUT2D eigenvalue weighted by molar-refractivity contribution is 0.567. The molecule has 0 amide bonds. The number of anilines is 1. The van der Waals surface area contributed by atoms with Gasteiger partial charge < -0.3 is 5.73 Å². The van der Waals surface area contributed by atoms with Crippen molar-refractivity contribution in [2.24, 2.45) is 0 Å². The largest absolute Gasteiger partial charge is 0.398 e. The number of sulfonamides is 1. The van der Waals surface area contributed by atoms with Gasteiger partial charge in [-0.05, 0) is 49.6 Å².